The van der Waals surface area contributed by atoms with E-state index in [0.717, 1.165) is 18.6 Å². The average Bonchev–Trinajstić information content (AvgIpc) is 2.59. The van der Waals surface area contributed by atoms with E-state index in [1.807, 2.05) is 18.2 Å². The van der Waals surface area contributed by atoms with Crippen LogP contribution < -0.4 is 15.8 Å². The number of nitrogens with one attached hydrogen (secondary N) is 1. The van der Waals surface area contributed by atoms with Crippen molar-refractivity contribution in [2.75, 3.05) is 26.2 Å². The van der Waals surface area contributed by atoms with Crippen LogP contribution in [0.4, 0.5) is 4.79 Å². The Hall–Kier alpha value is -2.24. The van der Waals surface area contributed by atoms with Crippen LogP contribution >= 0.6 is 0 Å². The van der Waals surface area contributed by atoms with Gasteiger partial charge in [-0.25, -0.2) is 4.79 Å². The van der Waals surface area contributed by atoms with Gasteiger partial charge in [0.1, 0.15) is 12.4 Å². The first-order valence-corrected chi connectivity index (χ1v) is 9.00. The third-order valence-electron chi connectivity index (χ3n) is 4.57. The summed E-state index contributed by atoms with van der Waals surface area (Å²) in [4.78, 5) is 24.9. The monoisotopic (exact) mass is 347 g/mol. The van der Waals surface area contributed by atoms with Crippen molar-refractivity contribution >= 4 is 11.9 Å². The van der Waals surface area contributed by atoms with E-state index >= 15 is 0 Å². The zero-order chi connectivity index (χ0) is 18.2. The van der Waals surface area contributed by atoms with Crippen molar-refractivity contribution in [2.24, 2.45) is 11.7 Å². The van der Waals surface area contributed by atoms with Crippen LogP contribution in [-0.4, -0.2) is 43.1 Å². The number of para-hydroxylation sites is 1. The largest absolute Gasteiger partial charge is 0.491 e. The molecule has 0 radical (unpaired) electrons. The molecule has 0 atom stereocenters. The van der Waals surface area contributed by atoms with Crippen LogP contribution in [0.15, 0.2) is 24.3 Å². The zero-order valence-corrected chi connectivity index (χ0v) is 15.2. The number of benzene rings is 1. The summed E-state index contributed by atoms with van der Waals surface area (Å²) in [5.74, 6) is 1.31. The van der Waals surface area contributed by atoms with Crippen LogP contribution in [-0.2, 0) is 4.79 Å². The molecule has 6 nitrogen and oxygen atoms in total. The minimum atomic E-state index is -0.262. The van der Waals surface area contributed by atoms with Gasteiger partial charge in [0.15, 0.2) is 0 Å². The molecule has 1 aromatic carbocycles. The highest BCUT2D eigenvalue weighted by Gasteiger charge is 2.23. The van der Waals surface area contributed by atoms with Crippen molar-refractivity contribution in [3.63, 3.8) is 0 Å². The van der Waals surface area contributed by atoms with E-state index in [4.69, 9.17) is 10.5 Å². The predicted octanol–water partition coefficient (Wildman–Crippen LogP) is 2.49. The molecule has 0 spiro atoms. The van der Waals surface area contributed by atoms with Crippen LogP contribution in [0.3, 0.4) is 0 Å². The molecule has 0 aromatic heterocycles. The molecule has 1 saturated heterocycles. The van der Waals surface area contributed by atoms with Crippen molar-refractivity contribution in [2.45, 2.75) is 39.0 Å². The average molecular weight is 347 g/mol. The molecular weight excluding hydrogens is 318 g/mol. The van der Waals surface area contributed by atoms with Crippen molar-refractivity contribution in [1.29, 1.82) is 0 Å². The lowest BCUT2D eigenvalue weighted by atomic mass is 9.93. The number of amides is 3. The van der Waals surface area contributed by atoms with E-state index in [0.29, 0.717) is 44.5 Å². The van der Waals surface area contributed by atoms with Gasteiger partial charge in [0.2, 0.25) is 5.91 Å². The quantitative estimate of drug-likeness (QED) is 0.743. The van der Waals surface area contributed by atoms with Gasteiger partial charge in [-0.3, -0.25) is 4.79 Å². The van der Waals surface area contributed by atoms with E-state index < -0.39 is 0 Å². The Bertz CT molecular complexity index is 581. The van der Waals surface area contributed by atoms with Gasteiger partial charge in [-0.1, -0.05) is 32.0 Å². The number of piperidine rings is 1. The van der Waals surface area contributed by atoms with Gasteiger partial charge in [-0.2, -0.15) is 0 Å². The van der Waals surface area contributed by atoms with Crippen molar-refractivity contribution in [1.82, 2.24) is 10.2 Å². The number of nitrogens with two attached hydrogens (primary N) is 1. The molecule has 1 aliphatic heterocycles. The Morgan fingerprint density at radius 2 is 1.96 bits per heavy atom. The van der Waals surface area contributed by atoms with Crippen LogP contribution in [0.5, 0.6) is 5.75 Å². The van der Waals surface area contributed by atoms with Crippen LogP contribution in [0.2, 0.25) is 0 Å². The number of hydrogen-bond donors (Lipinski definition) is 2. The summed E-state index contributed by atoms with van der Waals surface area (Å²) in [6.07, 6.45) is 2.07. The number of hydrogen-bond acceptors (Lipinski definition) is 3. The standard InChI is InChI=1S/C19H29N3O3/c1-14(2)16-5-3-4-6-17(16)25-12-9-21-19(24)22-10-7-15(8-11-22)13-18(20)23/h3-6,14-15H,7-13H2,1-2H3,(H2,20,23)(H,21,24). The summed E-state index contributed by atoms with van der Waals surface area (Å²) >= 11 is 0. The Labute approximate surface area is 149 Å². The SMILES string of the molecule is CC(C)c1ccccc1OCCNC(=O)N1CCC(CC(N)=O)CC1. The van der Waals surface area contributed by atoms with Gasteiger partial charge in [-0.15, -0.1) is 0 Å². The Morgan fingerprint density at radius 3 is 2.60 bits per heavy atom. The Balaban J connectivity index is 1.69. The molecule has 25 heavy (non-hydrogen) atoms. The lowest BCUT2D eigenvalue weighted by molar-refractivity contribution is -0.119. The highest BCUT2D eigenvalue weighted by Crippen LogP contribution is 2.25. The number of likely N-dealkylation sites (tertiary alicyclic amines) is 1. The van der Waals surface area contributed by atoms with Crippen molar-refractivity contribution in [3.8, 4) is 5.75 Å². The molecule has 1 aromatic rings. The first kappa shape index (κ1) is 19.1. The Kier molecular flexibility index (Phi) is 7.10. The molecule has 0 aliphatic carbocycles. The number of nitrogens with zero attached hydrogens (tertiary/aromatic N) is 1. The van der Waals surface area contributed by atoms with Gasteiger partial charge in [0.25, 0.3) is 0 Å². The third kappa shape index (κ3) is 5.96. The number of carbonyl (C=O) groups is 2. The zero-order valence-electron chi connectivity index (χ0n) is 15.2. The second-order valence-corrected chi connectivity index (χ2v) is 6.87. The highest BCUT2D eigenvalue weighted by molar-refractivity contribution is 5.75. The summed E-state index contributed by atoms with van der Waals surface area (Å²) in [6, 6.07) is 7.91. The maximum atomic E-state index is 12.2. The molecule has 1 heterocycles. The molecular formula is C19H29N3O3. The predicted molar refractivity (Wildman–Crippen MR) is 97.5 cm³/mol. The maximum absolute atomic E-state index is 12.2. The van der Waals surface area contributed by atoms with Crippen LogP contribution in [0, 0.1) is 5.92 Å². The molecule has 0 unspecified atom stereocenters. The second-order valence-electron chi connectivity index (χ2n) is 6.87. The fraction of sp³-hybridized carbons (Fsp3) is 0.579. The lowest BCUT2D eigenvalue weighted by Gasteiger charge is -2.31. The van der Waals surface area contributed by atoms with Gasteiger partial charge in [0, 0.05) is 19.5 Å². The Morgan fingerprint density at radius 1 is 1.28 bits per heavy atom. The van der Waals surface area contributed by atoms with E-state index in [1.54, 1.807) is 4.90 Å². The molecule has 1 aliphatic rings. The normalized spacial score (nSPS) is 15.2. The summed E-state index contributed by atoms with van der Waals surface area (Å²) in [6.45, 7) is 6.50. The first-order chi connectivity index (χ1) is 12.0. The first-order valence-electron chi connectivity index (χ1n) is 9.00. The van der Waals surface area contributed by atoms with Crippen LogP contribution in [0.1, 0.15) is 44.6 Å². The number of carbonyl (C=O) groups excluding carboxylic acids is 2. The molecule has 6 heteroatoms. The van der Waals surface area contributed by atoms with Gasteiger partial charge in [-0.05, 0) is 36.3 Å². The molecule has 0 bridgehead atoms. The fourth-order valence-corrected chi connectivity index (χ4v) is 3.14. The van der Waals surface area contributed by atoms with Gasteiger partial charge in [0.05, 0.1) is 6.54 Å². The van der Waals surface area contributed by atoms with Gasteiger partial charge < -0.3 is 20.7 Å². The number of urea groups is 1. The molecule has 138 valence electrons. The lowest BCUT2D eigenvalue weighted by Crippen LogP contribution is -2.45. The van der Waals surface area contributed by atoms with Gasteiger partial charge >= 0.3 is 6.03 Å². The number of primary amides is 1. The van der Waals surface area contributed by atoms with E-state index in [2.05, 4.69) is 25.2 Å². The van der Waals surface area contributed by atoms with Crippen LogP contribution in [0.25, 0.3) is 0 Å². The highest BCUT2D eigenvalue weighted by atomic mass is 16.5. The molecule has 3 amide bonds. The fourth-order valence-electron chi connectivity index (χ4n) is 3.14. The van der Waals surface area contributed by atoms with Crippen molar-refractivity contribution < 1.29 is 14.3 Å². The van der Waals surface area contributed by atoms with E-state index in [-0.39, 0.29) is 11.9 Å². The second kappa shape index (κ2) is 9.30. The summed E-state index contributed by atoms with van der Waals surface area (Å²) in [5.41, 5.74) is 6.40. The topological polar surface area (TPSA) is 84.7 Å². The van der Waals surface area contributed by atoms with E-state index in [1.165, 1.54) is 5.56 Å². The number of ether oxygens (including phenoxy) is 1. The summed E-state index contributed by atoms with van der Waals surface area (Å²) in [5, 5.41) is 2.90. The molecule has 1 fully saturated rings. The number of rotatable bonds is 7. The smallest absolute Gasteiger partial charge is 0.317 e. The molecule has 2 rings (SSSR count). The minimum Gasteiger partial charge on any atom is -0.491 e. The third-order valence-corrected chi connectivity index (χ3v) is 4.57. The maximum Gasteiger partial charge on any atom is 0.317 e. The molecule has 3 N–H and O–H groups in total. The minimum absolute atomic E-state index is 0.0710. The van der Waals surface area contributed by atoms with Crippen molar-refractivity contribution in [3.05, 3.63) is 29.8 Å². The molecule has 0 saturated carbocycles. The summed E-state index contributed by atoms with van der Waals surface area (Å²) < 4.78 is 5.81. The summed E-state index contributed by atoms with van der Waals surface area (Å²) in [7, 11) is 0. The van der Waals surface area contributed by atoms with E-state index in [9.17, 15) is 9.59 Å².